The van der Waals surface area contributed by atoms with Crippen molar-refractivity contribution in [2.45, 2.75) is 33.1 Å². The summed E-state index contributed by atoms with van der Waals surface area (Å²) >= 11 is 1.64. The van der Waals surface area contributed by atoms with Crippen LogP contribution in [0.3, 0.4) is 0 Å². The summed E-state index contributed by atoms with van der Waals surface area (Å²) in [6, 6.07) is 15.8. The third kappa shape index (κ3) is 4.95. The highest BCUT2D eigenvalue weighted by molar-refractivity contribution is 7.21. The molecule has 0 saturated heterocycles. The summed E-state index contributed by atoms with van der Waals surface area (Å²) in [6.07, 6.45) is 1.29. The number of aromatic nitrogens is 1. The number of nitrogens with one attached hydrogen (secondary N) is 1. The first-order valence-corrected chi connectivity index (χ1v) is 10.5. The molecule has 0 spiro atoms. The van der Waals surface area contributed by atoms with Crippen molar-refractivity contribution in [1.29, 1.82) is 0 Å². The van der Waals surface area contributed by atoms with E-state index >= 15 is 0 Å². The molecule has 0 fully saturated rings. The molecule has 146 valence electrons. The van der Waals surface area contributed by atoms with Crippen molar-refractivity contribution in [2.24, 2.45) is 0 Å². The standard InChI is InChI=1S/C22H25N3O2S/c1-3-25(4-2)21(27)14-8-13-20(26)23-17-10-7-9-16(15-17)22-24-18-11-5-6-12-19(18)28-22/h5-7,9-12,15H,3-4,8,13-14H2,1-2H3,(H,23,26). The molecule has 0 aliphatic rings. The van der Waals surface area contributed by atoms with E-state index in [-0.39, 0.29) is 11.8 Å². The highest BCUT2D eigenvalue weighted by atomic mass is 32.1. The monoisotopic (exact) mass is 395 g/mol. The quantitative estimate of drug-likeness (QED) is 0.587. The van der Waals surface area contributed by atoms with Crippen molar-refractivity contribution in [3.8, 4) is 10.6 Å². The van der Waals surface area contributed by atoms with Gasteiger partial charge >= 0.3 is 0 Å². The van der Waals surface area contributed by atoms with E-state index in [0.29, 0.717) is 32.4 Å². The van der Waals surface area contributed by atoms with Gasteiger partial charge in [0, 0.05) is 37.2 Å². The fraction of sp³-hybridized carbons (Fsp3) is 0.318. The zero-order valence-corrected chi connectivity index (χ0v) is 17.1. The predicted octanol–water partition coefficient (Wildman–Crippen LogP) is 4.94. The van der Waals surface area contributed by atoms with Crippen LogP contribution in [0.4, 0.5) is 5.69 Å². The zero-order valence-electron chi connectivity index (χ0n) is 16.3. The van der Waals surface area contributed by atoms with Gasteiger partial charge in [0.25, 0.3) is 0 Å². The van der Waals surface area contributed by atoms with Crippen LogP contribution in [0.15, 0.2) is 48.5 Å². The van der Waals surface area contributed by atoms with Gasteiger partial charge in [-0.2, -0.15) is 0 Å². The maximum Gasteiger partial charge on any atom is 0.224 e. The zero-order chi connectivity index (χ0) is 19.9. The number of fused-ring (bicyclic) bond motifs is 1. The van der Waals surface area contributed by atoms with Crippen LogP contribution < -0.4 is 5.32 Å². The molecule has 3 rings (SSSR count). The molecule has 28 heavy (non-hydrogen) atoms. The second-order valence-corrected chi connectivity index (χ2v) is 7.57. The van der Waals surface area contributed by atoms with Gasteiger partial charge in [0.1, 0.15) is 5.01 Å². The number of thiazole rings is 1. The minimum Gasteiger partial charge on any atom is -0.343 e. The second kappa shape index (κ2) is 9.46. The van der Waals surface area contributed by atoms with Gasteiger partial charge in [-0.15, -0.1) is 11.3 Å². The molecule has 1 heterocycles. The van der Waals surface area contributed by atoms with Crippen molar-refractivity contribution in [3.05, 3.63) is 48.5 Å². The lowest BCUT2D eigenvalue weighted by Crippen LogP contribution is -2.30. The summed E-state index contributed by atoms with van der Waals surface area (Å²) in [5.74, 6) is 0.0319. The fourth-order valence-electron chi connectivity index (χ4n) is 3.08. The molecule has 3 aromatic rings. The largest absolute Gasteiger partial charge is 0.343 e. The van der Waals surface area contributed by atoms with Crippen molar-refractivity contribution in [3.63, 3.8) is 0 Å². The molecule has 0 saturated carbocycles. The summed E-state index contributed by atoms with van der Waals surface area (Å²) in [5, 5.41) is 3.86. The summed E-state index contributed by atoms with van der Waals surface area (Å²) in [5.41, 5.74) is 2.71. The second-order valence-electron chi connectivity index (χ2n) is 6.54. The summed E-state index contributed by atoms with van der Waals surface area (Å²) < 4.78 is 1.14. The van der Waals surface area contributed by atoms with E-state index in [1.807, 2.05) is 56.3 Å². The molecule has 2 aromatic carbocycles. The van der Waals surface area contributed by atoms with Gasteiger partial charge in [-0.3, -0.25) is 9.59 Å². The van der Waals surface area contributed by atoms with Crippen molar-refractivity contribution in [1.82, 2.24) is 9.88 Å². The Labute approximate surface area is 169 Å². The Morgan fingerprint density at radius 3 is 2.57 bits per heavy atom. The highest BCUT2D eigenvalue weighted by Crippen LogP contribution is 2.31. The summed E-state index contributed by atoms with van der Waals surface area (Å²) in [6.45, 7) is 5.35. The van der Waals surface area contributed by atoms with Gasteiger partial charge in [-0.05, 0) is 44.5 Å². The van der Waals surface area contributed by atoms with Crippen LogP contribution in [-0.4, -0.2) is 34.8 Å². The normalized spacial score (nSPS) is 10.8. The third-order valence-corrected chi connectivity index (χ3v) is 5.68. The topological polar surface area (TPSA) is 62.3 Å². The molecule has 1 N–H and O–H groups in total. The van der Waals surface area contributed by atoms with Crippen molar-refractivity contribution >= 4 is 39.1 Å². The molecule has 0 aliphatic heterocycles. The number of amides is 2. The minimum absolute atomic E-state index is 0.0752. The van der Waals surface area contributed by atoms with E-state index in [4.69, 9.17) is 0 Å². The molecule has 5 nitrogen and oxygen atoms in total. The molecule has 1 aromatic heterocycles. The Bertz CT molecular complexity index is 930. The van der Waals surface area contributed by atoms with Gasteiger partial charge < -0.3 is 10.2 Å². The van der Waals surface area contributed by atoms with Crippen LogP contribution in [0, 0.1) is 0 Å². The number of rotatable bonds is 8. The Morgan fingerprint density at radius 1 is 1.04 bits per heavy atom. The van der Waals surface area contributed by atoms with Crippen LogP contribution in [-0.2, 0) is 9.59 Å². The Morgan fingerprint density at radius 2 is 1.82 bits per heavy atom. The Hall–Kier alpha value is -2.73. The van der Waals surface area contributed by atoms with E-state index < -0.39 is 0 Å². The van der Waals surface area contributed by atoms with E-state index in [2.05, 4.69) is 16.4 Å². The van der Waals surface area contributed by atoms with Gasteiger partial charge in [0.05, 0.1) is 10.2 Å². The number of anilines is 1. The summed E-state index contributed by atoms with van der Waals surface area (Å²) in [4.78, 5) is 30.7. The molecular weight excluding hydrogens is 370 g/mol. The molecule has 0 unspecified atom stereocenters. The van der Waals surface area contributed by atoms with Crippen LogP contribution in [0.2, 0.25) is 0 Å². The van der Waals surface area contributed by atoms with Crippen LogP contribution in [0.25, 0.3) is 20.8 Å². The maximum absolute atomic E-state index is 12.2. The van der Waals surface area contributed by atoms with E-state index in [1.165, 1.54) is 0 Å². The molecule has 0 atom stereocenters. The van der Waals surface area contributed by atoms with Gasteiger partial charge in [0.15, 0.2) is 0 Å². The first-order valence-electron chi connectivity index (χ1n) is 9.64. The van der Waals surface area contributed by atoms with Crippen LogP contribution >= 0.6 is 11.3 Å². The first-order chi connectivity index (χ1) is 13.6. The van der Waals surface area contributed by atoms with Gasteiger partial charge in [-0.25, -0.2) is 4.98 Å². The average Bonchev–Trinajstić information content (AvgIpc) is 3.13. The third-order valence-electron chi connectivity index (χ3n) is 4.60. The molecule has 0 bridgehead atoms. The van der Waals surface area contributed by atoms with E-state index in [9.17, 15) is 9.59 Å². The van der Waals surface area contributed by atoms with Crippen LogP contribution in [0.5, 0.6) is 0 Å². The smallest absolute Gasteiger partial charge is 0.224 e. The summed E-state index contributed by atoms with van der Waals surface area (Å²) in [7, 11) is 0. The van der Waals surface area contributed by atoms with Crippen LogP contribution in [0.1, 0.15) is 33.1 Å². The lowest BCUT2D eigenvalue weighted by atomic mass is 10.2. The average molecular weight is 396 g/mol. The number of para-hydroxylation sites is 1. The van der Waals surface area contributed by atoms with Gasteiger partial charge in [-0.1, -0.05) is 24.3 Å². The molecule has 0 aliphatic carbocycles. The van der Waals surface area contributed by atoms with Crippen molar-refractivity contribution in [2.75, 3.05) is 18.4 Å². The highest BCUT2D eigenvalue weighted by Gasteiger charge is 2.11. The number of carbonyl (C=O) groups is 2. The lowest BCUT2D eigenvalue weighted by Gasteiger charge is -2.18. The van der Waals surface area contributed by atoms with Crippen molar-refractivity contribution < 1.29 is 9.59 Å². The molecular formula is C22H25N3O2S. The number of hydrogen-bond donors (Lipinski definition) is 1. The maximum atomic E-state index is 12.2. The molecule has 6 heteroatoms. The van der Waals surface area contributed by atoms with Gasteiger partial charge in [0.2, 0.25) is 11.8 Å². The predicted molar refractivity (Wildman–Crippen MR) is 115 cm³/mol. The SMILES string of the molecule is CCN(CC)C(=O)CCCC(=O)Nc1cccc(-c2nc3ccccc3s2)c1. The number of hydrogen-bond acceptors (Lipinski definition) is 4. The Kier molecular flexibility index (Phi) is 6.76. The number of benzene rings is 2. The Balaban J connectivity index is 1.58. The van der Waals surface area contributed by atoms with E-state index in [0.717, 1.165) is 26.5 Å². The number of nitrogens with zero attached hydrogens (tertiary/aromatic N) is 2. The molecule has 0 radical (unpaired) electrons. The van der Waals surface area contributed by atoms with E-state index in [1.54, 1.807) is 16.2 Å². The lowest BCUT2D eigenvalue weighted by molar-refractivity contribution is -0.130. The first kappa shape index (κ1) is 20.0. The minimum atomic E-state index is -0.0752. The number of carbonyl (C=O) groups excluding carboxylic acids is 2. The fourth-order valence-corrected chi connectivity index (χ4v) is 4.05. The molecule has 2 amide bonds.